The third-order valence-electron chi connectivity index (χ3n) is 3.15. The van der Waals surface area contributed by atoms with Crippen LogP contribution in [0.2, 0.25) is 0 Å². The average molecular weight is 310 g/mol. The van der Waals surface area contributed by atoms with Crippen molar-refractivity contribution in [3.63, 3.8) is 0 Å². The minimum atomic E-state index is -0.680. The van der Waals surface area contributed by atoms with E-state index in [0.29, 0.717) is 11.4 Å². The van der Waals surface area contributed by atoms with Gasteiger partial charge in [-0.05, 0) is 30.7 Å². The molecule has 1 unspecified atom stereocenters. The highest BCUT2D eigenvalue weighted by atomic mass is 35.5. The summed E-state index contributed by atoms with van der Waals surface area (Å²) in [6, 6.07) is 9.54. The number of carbonyl (C=O) groups excluding carboxylic acids is 1. The zero-order chi connectivity index (χ0) is 15.4. The fourth-order valence-corrected chi connectivity index (χ4v) is 2.13. The van der Waals surface area contributed by atoms with Crippen molar-refractivity contribution < 1.29 is 13.6 Å². The van der Waals surface area contributed by atoms with Crippen LogP contribution < -0.4 is 5.32 Å². The predicted molar refractivity (Wildman–Crippen MR) is 78.2 cm³/mol. The second-order valence-corrected chi connectivity index (χ2v) is 4.96. The number of alkyl halides is 1. The number of hydrogen-bond acceptors (Lipinski definition) is 1. The molecule has 0 radical (unpaired) electrons. The molecule has 2 aromatic rings. The summed E-state index contributed by atoms with van der Waals surface area (Å²) in [7, 11) is 0. The lowest BCUT2D eigenvalue weighted by Crippen LogP contribution is -2.27. The van der Waals surface area contributed by atoms with Crippen LogP contribution in [0.25, 0.3) is 0 Å². The first kappa shape index (κ1) is 15.4. The molecule has 2 aromatic carbocycles. The van der Waals surface area contributed by atoms with Gasteiger partial charge in [0, 0.05) is 23.1 Å². The van der Waals surface area contributed by atoms with Gasteiger partial charge in [0.25, 0.3) is 5.91 Å². The van der Waals surface area contributed by atoms with Gasteiger partial charge in [-0.3, -0.25) is 4.79 Å². The Bertz CT molecular complexity index is 643. The van der Waals surface area contributed by atoms with E-state index in [4.69, 9.17) is 11.6 Å². The van der Waals surface area contributed by atoms with Crippen LogP contribution in [0, 0.1) is 11.6 Å². The molecule has 2 rings (SSSR count). The molecule has 5 heteroatoms. The molecule has 0 aromatic heterocycles. The molecule has 0 spiro atoms. The van der Waals surface area contributed by atoms with Crippen LogP contribution in [0.3, 0.4) is 0 Å². The fourth-order valence-electron chi connectivity index (χ4n) is 1.96. The maximum atomic E-state index is 13.6. The summed E-state index contributed by atoms with van der Waals surface area (Å²) in [5.74, 6) is -1.28. The molecule has 0 saturated heterocycles. The third-order valence-corrected chi connectivity index (χ3v) is 3.46. The third kappa shape index (κ3) is 3.79. The Balaban J connectivity index is 2.10. The van der Waals surface area contributed by atoms with E-state index in [1.54, 1.807) is 31.2 Å². The van der Waals surface area contributed by atoms with Crippen LogP contribution in [0.4, 0.5) is 8.78 Å². The van der Waals surface area contributed by atoms with Gasteiger partial charge >= 0.3 is 0 Å². The van der Waals surface area contributed by atoms with Crippen molar-refractivity contribution in [1.29, 1.82) is 0 Å². The molecule has 21 heavy (non-hydrogen) atoms. The minimum Gasteiger partial charge on any atom is -0.345 e. The van der Waals surface area contributed by atoms with E-state index < -0.39 is 17.7 Å². The van der Waals surface area contributed by atoms with Gasteiger partial charge in [0.1, 0.15) is 11.6 Å². The number of nitrogens with one attached hydrogen (secondary N) is 1. The highest BCUT2D eigenvalue weighted by molar-refractivity contribution is 6.17. The average Bonchev–Trinajstić information content (AvgIpc) is 2.47. The van der Waals surface area contributed by atoms with Gasteiger partial charge < -0.3 is 5.32 Å². The molecular formula is C16H14ClF2NO. The standard InChI is InChI=1S/C16H14ClF2NO/c1-10(14-7-6-13(18)8-15(14)19)20-16(21)12-4-2-11(9-17)3-5-12/h2-8,10H,9H2,1H3,(H,20,21). The lowest BCUT2D eigenvalue weighted by Gasteiger charge is -2.15. The van der Waals surface area contributed by atoms with Crippen molar-refractivity contribution in [3.05, 3.63) is 70.8 Å². The molecular weight excluding hydrogens is 296 g/mol. The van der Waals surface area contributed by atoms with Crippen molar-refractivity contribution in [3.8, 4) is 0 Å². The topological polar surface area (TPSA) is 29.1 Å². The highest BCUT2D eigenvalue weighted by Crippen LogP contribution is 2.18. The van der Waals surface area contributed by atoms with Gasteiger partial charge in [-0.2, -0.15) is 0 Å². The first-order valence-corrected chi connectivity index (χ1v) is 6.95. The Morgan fingerprint density at radius 3 is 2.43 bits per heavy atom. The molecule has 0 heterocycles. The first-order chi connectivity index (χ1) is 10.0. The van der Waals surface area contributed by atoms with E-state index in [9.17, 15) is 13.6 Å². The van der Waals surface area contributed by atoms with E-state index >= 15 is 0 Å². The SMILES string of the molecule is CC(NC(=O)c1ccc(CCl)cc1)c1ccc(F)cc1F. The minimum absolute atomic E-state index is 0.238. The van der Waals surface area contributed by atoms with Crippen molar-refractivity contribution >= 4 is 17.5 Å². The number of carbonyl (C=O) groups is 1. The molecule has 1 atom stereocenters. The molecule has 0 fully saturated rings. The molecule has 2 nitrogen and oxygen atoms in total. The zero-order valence-corrected chi connectivity index (χ0v) is 12.1. The first-order valence-electron chi connectivity index (χ1n) is 6.42. The highest BCUT2D eigenvalue weighted by Gasteiger charge is 2.15. The van der Waals surface area contributed by atoms with Crippen LogP contribution in [0.1, 0.15) is 34.5 Å². The van der Waals surface area contributed by atoms with Gasteiger partial charge in [-0.15, -0.1) is 11.6 Å². The molecule has 0 saturated carbocycles. The van der Waals surface area contributed by atoms with Gasteiger partial charge in [-0.25, -0.2) is 8.78 Å². The second kappa shape index (κ2) is 6.68. The summed E-state index contributed by atoms with van der Waals surface area (Å²) in [6.07, 6.45) is 0. The Morgan fingerprint density at radius 1 is 1.19 bits per heavy atom. The van der Waals surface area contributed by atoms with Crippen LogP contribution in [-0.4, -0.2) is 5.91 Å². The lowest BCUT2D eigenvalue weighted by molar-refractivity contribution is 0.0939. The van der Waals surface area contributed by atoms with E-state index in [2.05, 4.69) is 5.32 Å². The maximum absolute atomic E-state index is 13.6. The second-order valence-electron chi connectivity index (χ2n) is 4.69. The van der Waals surface area contributed by atoms with Crippen LogP contribution in [-0.2, 0) is 5.88 Å². The maximum Gasteiger partial charge on any atom is 0.251 e. The lowest BCUT2D eigenvalue weighted by atomic mass is 10.1. The largest absolute Gasteiger partial charge is 0.345 e. The molecule has 0 aliphatic heterocycles. The summed E-state index contributed by atoms with van der Waals surface area (Å²) < 4.78 is 26.5. The van der Waals surface area contributed by atoms with Crippen molar-refractivity contribution in [2.24, 2.45) is 0 Å². The summed E-state index contributed by atoms with van der Waals surface area (Å²) in [5.41, 5.74) is 1.60. The number of hydrogen-bond donors (Lipinski definition) is 1. The quantitative estimate of drug-likeness (QED) is 0.843. The van der Waals surface area contributed by atoms with E-state index in [0.717, 1.165) is 17.7 Å². The summed E-state index contributed by atoms with van der Waals surface area (Å²) in [5, 5.41) is 2.68. The number of benzene rings is 2. The van der Waals surface area contributed by atoms with E-state index in [-0.39, 0.29) is 11.5 Å². The van der Waals surface area contributed by atoms with Gasteiger partial charge in [0.2, 0.25) is 0 Å². The Hall–Kier alpha value is -1.94. The monoisotopic (exact) mass is 309 g/mol. The van der Waals surface area contributed by atoms with Crippen LogP contribution >= 0.6 is 11.6 Å². The Morgan fingerprint density at radius 2 is 1.86 bits per heavy atom. The fraction of sp³-hybridized carbons (Fsp3) is 0.188. The van der Waals surface area contributed by atoms with Crippen molar-refractivity contribution in [1.82, 2.24) is 5.32 Å². The molecule has 110 valence electrons. The van der Waals surface area contributed by atoms with Gasteiger partial charge in [0.15, 0.2) is 0 Å². The summed E-state index contributed by atoms with van der Waals surface area (Å²) >= 11 is 5.68. The van der Waals surface area contributed by atoms with E-state index in [1.165, 1.54) is 6.07 Å². The Labute approximate surface area is 126 Å². The number of amides is 1. The number of rotatable bonds is 4. The Kier molecular flexibility index (Phi) is 4.91. The smallest absolute Gasteiger partial charge is 0.251 e. The van der Waals surface area contributed by atoms with Crippen LogP contribution in [0.15, 0.2) is 42.5 Å². The normalized spacial score (nSPS) is 12.0. The van der Waals surface area contributed by atoms with E-state index in [1.807, 2.05) is 0 Å². The summed E-state index contributed by atoms with van der Waals surface area (Å²) in [6.45, 7) is 1.64. The van der Waals surface area contributed by atoms with Crippen LogP contribution in [0.5, 0.6) is 0 Å². The van der Waals surface area contributed by atoms with Crippen molar-refractivity contribution in [2.45, 2.75) is 18.8 Å². The summed E-state index contributed by atoms with van der Waals surface area (Å²) in [4.78, 5) is 12.1. The zero-order valence-electron chi connectivity index (χ0n) is 11.4. The predicted octanol–water partition coefficient (Wildman–Crippen LogP) is 4.19. The number of halogens is 3. The van der Waals surface area contributed by atoms with Gasteiger partial charge in [0.05, 0.1) is 6.04 Å². The van der Waals surface area contributed by atoms with Crippen molar-refractivity contribution in [2.75, 3.05) is 0 Å². The molecule has 1 N–H and O–H groups in total. The van der Waals surface area contributed by atoms with Gasteiger partial charge in [-0.1, -0.05) is 18.2 Å². The molecule has 0 aliphatic rings. The molecule has 1 amide bonds. The molecule has 0 bridgehead atoms. The molecule has 0 aliphatic carbocycles.